The van der Waals surface area contributed by atoms with Gasteiger partial charge >= 0.3 is 0 Å². The van der Waals surface area contributed by atoms with Crippen LogP contribution in [-0.2, 0) is 4.74 Å². The zero-order valence-electron chi connectivity index (χ0n) is 8.29. The van der Waals surface area contributed by atoms with Crippen molar-refractivity contribution in [2.24, 2.45) is 0 Å². The van der Waals surface area contributed by atoms with Gasteiger partial charge in [-0.15, -0.1) is 0 Å². The molecule has 1 saturated heterocycles. The molecule has 0 unspecified atom stereocenters. The third kappa shape index (κ3) is 1.35. The lowest BCUT2D eigenvalue weighted by atomic mass is 9.98. The first kappa shape index (κ1) is 8.92. The van der Waals surface area contributed by atoms with Crippen molar-refractivity contribution < 1.29 is 9.13 Å². The first-order valence-electron chi connectivity index (χ1n) is 5.19. The van der Waals surface area contributed by atoms with Crippen LogP contribution in [-0.4, -0.2) is 18.2 Å². The van der Waals surface area contributed by atoms with Gasteiger partial charge < -0.3 is 9.72 Å². The zero-order valence-corrected chi connectivity index (χ0v) is 8.29. The standard InChI is InChI=1S/C12H12FNO/c13-10-2-1-3-11-12(10)9(6-14-11)8-4-5-15-7-8/h1-3,6,8,14H,4-5,7H2/t8-/m1/s1. The van der Waals surface area contributed by atoms with Crippen molar-refractivity contribution in [1.29, 1.82) is 0 Å². The van der Waals surface area contributed by atoms with Crippen LogP contribution in [0, 0.1) is 5.82 Å². The van der Waals surface area contributed by atoms with Gasteiger partial charge in [-0.05, 0) is 24.1 Å². The summed E-state index contributed by atoms with van der Waals surface area (Å²) in [5.41, 5.74) is 1.93. The largest absolute Gasteiger partial charge is 0.381 e. The van der Waals surface area contributed by atoms with Crippen LogP contribution in [0.5, 0.6) is 0 Å². The zero-order chi connectivity index (χ0) is 10.3. The van der Waals surface area contributed by atoms with E-state index < -0.39 is 0 Å². The van der Waals surface area contributed by atoms with Crippen molar-refractivity contribution in [3.8, 4) is 0 Å². The SMILES string of the molecule is Fc1cccc2[nH]cc([C@@H]3CCOC3)c12. The van der Waals surface area contributed by atoms with Crippen molar-refractivity contribution >= 4 is 10.9 Å². The lowest BCUT2D eigenvalue weighted by molar-refractivity contribution is 0.194. The van der Waals surface area contributed by atoms with Crippen molar-refractivity contribution in [2.75, 3.05) is 13.2 Å². The third-order valence-corrected chi connectivity index (χ3v) is 3.05. The van der Waals surface area contributed by atoms with E-state index in [0.717, 1.165) is 29.5 Å². The molecule has 2 heterocycles. The molecule has 0 spiro atoms. The molecule has 3 heteroatoms. The number of aromatic nitrogens is 1. The number of benzene rings is 1. The second-order valence-corrected chi connectivity index (χ2v) is 3.97. The fraction of sp³-hybridized carbons (Fsp3) is 0.333. The maximum absolute atomic E-state index is 13.7. The molecule has 0 amide bonds. The number of ether oxygens (including phenoxy) is 1. The first-order chi connectivity index (χ1) is 7.36. The van der Waals surface area contributed by atoms with Crippen LogP contribution >= 0.6 is 0 Å². The Hall–Kier alpha value is -1.35. The van der Waals surface area contributed by atoms with Gasteiger partial charge in [0.05, 0.1) is 6.61 Å². The van der Waals surface area contributed by atoms with Gasteiger partial charge in [-0.2, -0.15) is 0 Å². The molecule has 0 radical (unpaired) electrons. The van der Waals surface area contributed by atoms with E-state index in [1.165, 1.54) is 6.07 Å². The van der Waals surface area contributed by atoms with Crippen LogP contribution in [0.3, 0.4) is 0 Å². The number of halogens is 1. The summed E-state index contributed by atoms with van der Waals surface area (Å²) >= 11 is 0. The molecule has 2 nitrogen and oxygen atoms in total. The number of hydrogen-bond acceptors (Lipinski definition) is 1. The molecule has 0 bridgehead atoms. The second kappa shape index (κ2) is 3.35. The Morgan fingerprint density at radius 1 is 1.40 bits per heavy atom. The van der Waals surface area contributed by atoms with Crippen LogP contribution in [0.25, 0.3) is 10.9 Å². The van der Waals surface area contributed by atoms with Gasteiger partial charge in [-0.3, -0.25) is 0 Å². The first-order valence-corrected chi connectivity index (χ1v) is 5.19. The summed E-state index contributed by atoms with van der Waals surface area (Å²) in [6.07, 6.45) is 2.90. The Balaban J connectivity index is 2.18. The van der Waals surface area contributed by atoms with Gasteiger partial charge in [0.2, 0.25) is 0 Å². The minimum Gasteiger partial charge on any atom is -0.381 e. The molecule has 1 N–H and O–H groups in total. The lowest BCUT2D eigenvalue weighted by Gasteiger charge is -2.05. The number of hydrogen-bond donors (Lipinski definition) is 1. The van der Waals surface area contributed by atoms with Gasteiger partial charge in [0, 0.05) is 29.6 Å². The topological polar surface area (TPSA) is 25.0 Å². The maximum Gasteiger partial charge on any atom is 0.132 e. The van der Waals surface area contributed by atoms with Crippen molar-refractivity contribution in [3.05, 3.63) is 35.8 Å². The molecule has 2 aromatic rings. The Labute approximate surface area is 87.1 Å². The predicted molar refractivity (Wildman–Crippen MR) is 56.4 cm³/mol. The number of H-pyrrole nitrogens is 1. The monoisotopic (exact) mass is 205 g/mol. The molecule has 1 aromatic carbocycles. The summed E-state index contributed by atoms with van der Waals surface area (Å²) < 4.78 is 19.0. The van der Waals surface area contributed by atoms with Crippen molar-refractivity contribution in [1.82, 2.24) is 4.98 Å². The molecule has 78 valence electrons. The molecule has 15 heavy (non-hydrogen) atoms. The number of nitrogens with one attached hydrogen (secondary N) is 1. The van der Waals surface area contributed by atoms with Gasteiger partial charge in [0.15, 0.2) is 0 Å². The van der Waals surface area contributed by atoms with Crippen molar-refractivity contribution in [3.63, 3.8) is 0 Å². The smallest absolute Gasteiger partial charge is 0.132 e. The van der Waals surface area contributed by atoms with Crippen LogP contribution in [0.1, 0.15) is 17.9 Å². The van der Waals surface area contributed by atoms with E-state index in [4.69, 9.17) is 4.74 Å². The summed E-state index contributed by atoms with van der Waals surface area (Å²) in [4.78, 5) is 3.11. The van der Waals surface area contributed by atoms with E-state index in [1.54, 1.807) is 6.07 Å². The highest BCUT2D eigenvalue weighted by Gasteiger charge is 2.22. The molecule has 3 rings (SSSR count). The molecular formula is C12H12FNO. The Morgan fingerprint density at radius 2 is 2.33 bits per heavy atom. The Bertz CT molecular complexity index is 485. The van der Waals surface area contributed by atoms with Crippen LogP contribution in [0.4, 0.5) is 4.39 Å². The van der Waals surface area contributed by atoms with Crippen LogP contribution in [0.2, 0.25) is 0 Å². The van der Waals surface area contributed by atoms with Crippen molar-refractivity contribution in [2.45, 2.75) is 12.3 Å². The van der Waals surface area contributed by atoms with Crippen LogP contribution in [0.15, 0.2) is 24.4 Å². The Morgan fingerprint density at radius 3 is 3.13 bits per heavy atom. The lowest BCUT2D eigenvalue weighted by Crippen LogP contribution is -1.96. The van der Waals surface area contributed by atoms with E-state index in [2.05, 4.69) is 4.98 Å². The molecular weight excluding hydrogens is 193 g/mol. The van der Waals surface area contributed by atoms with E-state index in [9.17, 15) is 4.39 Å². The highest BCUT2D eigenvalue weighted by atomic mass is 19.1. The van der Waals surface area contributed by atoms with Gasteiger partial charge in [-0.25, -0.2) is 4.39 Å². The van der Waals surface area contributed by atoms with Gasteiger partial charge in [0.25, 0.3) is 0 Å². The molecule has 0 saturated carbocycles. The molecule has 1 atom stereocenters. The van der Waals surface area contributed by atoms with E-state index >= 15 is 0 Å². The minimum absolute atomic E-state index is 0.143. The summed E-state index contributed by atoms with van der Waals surface area (Å²) in [7, 11) is 0. The molecule has 0 aliphatic carbocycles. The predicted octanol–water partition coefficient (Wildman–Crippen LogP) is 2.81. The van der Waals surface area contributed by atoms with Crippen LogP contribution < -0.4 is 0 Å². The maximum atomic E-state index is 13.7. The number of aromatic amines is 1. The van der Waals surface area contributed by atoms with Gasteiger partial charge in [0.1, 0.15) is 5.82 Å². The van der Waals surface area contributed by atoms with E-state index in [1.807, 2.05) is 12.3 Å². The number of rotatable bonds is 1. The molecule has 1 aliphatic rings. The highest BCUT2D eigenvalue weighted by Crippen LogP contribution is 2.32. The minimum atomic E-state index is -0.143. The second-order valence-electron chi connectivity index (χ2n) is 3.97. The quantitative estimate of drug-likeness (QED) is 0.760. The fourth-order valence-corrected chi connectivity index (χ4v) is 2.27. The summed E-state index contributed by atoms with van der Waals surface area (Å²) in [6.45, 7) is 1.49. The summed E-state index contributed by atoms with van der Waals surface area (Å²) in [5, 5.41) is 0.730. The van der Waals surface area contributed by atoms with E-state index in [0.29, 0.717) is 12.5 Å². The normalized spacial score (nSPS) is 21.3. The average Bonchev–Trinajstić information content (AvgIpc) is 2.85. The van der Waals surface area contributed by atoms with E-state index in [-0.39, 0.29) is 5.82 Å². The summed E-state index contributed by atoms with van der Waals surface area (Å²) in [6, 6.07) is 5.14. The Kier molecular flexibility index (Phi) is 1.99. The van der Waals surface area contributed by atoms with Gasteiger partial charge in [-0.1, -0.05) is 6.07 Å². The number of fused-ring (bicyclic) bond motifs is 1. The molecule has 1 fully saturated rings. The summed E-state index contributed by atoms with van der Waals surface area (Å²) in [5.74, 6) is 0.200. The average molecular weight is 205 g/mol. The highest BCUT2D eigenvalue weighted by molar-refractivity contribution is 5.84. The molecule has 1 aliphatic heterocycles. The third-order valence-electron chi connectivity index (χ3n) is 3.05. The fourth-order valence-electron chi connectivity index (χ4n) is 2.27. The molecule has 1 aromatic heterocycles.